The molecule has 0 spiro atoms. The van der Waals surface area contributed by atoms with Crippen molar-refractivity contribution >= 4 is 23.3 Å². The molecule has 2 N–H and O–H groups in total. The molecule has 1 atom stereocenters. The first-order valence-corrected chi connectivity index (χ1v) is 12.3. The van der Waals surface area contributed by atoms with Gasteiger partial charge >= 0.3 is 0 Å². The maximum absolute atomic E-state index is 13.9. The average molecular weight is 485 g/mol. The molecule has 3 aromatic rings. The van der Waals surface area contributed by atoms with E-state index < -0.39 is 11.9 Å². The van der Waals surface area contributed by atoms with Gasteiger partial charge in [0.05, 0.1) is 12.5 Å². The standard InChI is InChI=1S/C28H32N6O2/c1-28(2,3)19-12-14-21(15-13-19)34(27(36)23-17-30-18-32-23)24(22-11-8-16-31-25(22)29-4)26(35)33-20-9-6-5-7-10-20/h8,11-18,20,24H,5-7,9-10H2,1-3H3,(H,30,32)(H,33,35). The minimum absolute atomic E-state index is 0.0363. The number of H-pyrrole nitrogens is 1. The van der Waals surface area contributed by atoms with E-state index in [4.69, 9.17) is 6.57 Å². The first-order chi connectivity index (χ1) is 17.3. The largest absolute Gasteiger partial charge is 0.360 e. The Morgan fingerprint density at radius 1 is 1.14 bits per heavy atom. The number of carbonyl (C=O) groups is 2. The fourth-order valence-corrected chi connectivity index (χ4v) is 4.65. The van der Waals surface area contributed by atoms with Crippen LogP contribution in [0.1, 0.15) is 80.5 Å². The number of rotatable bonds is 6. The van der Waals surface area contributed by atoms with Crippen LogP contribution < -0.4 is 10.2 Å². The minimum Gasteiger partial charge on any atom is -0.360 e. The monoisotopic (exact) mass is 484 g/mol. The Labute approximate surface area is 212 Å². The molecule has 0 aliphatic heterocycles. The summed E-state index contributed by atoms with van der Waals surface area (Å²) in [6, 6.07) is 9.98. The molecule has 1 aliphatic carbocycles. The third kappa shape index (κ3) is 5.46. The van der Waals surface area contributed by atoms with Crippen LogP contribution >= 0.6 is 0 Å². The van der Waals surface area contributed by atoms with Crippen LogP contribution in [-0.2, 0) is 10.2 Å². The number of nitrogens with one attached hydrogen (secondary N) is 2. The Hall–Kier alpha value is -3.99. The second kappa shape index (κ2) is 10.7. The molecular weight excluding hydrogens is 452 g/mol. The molecular formula is C28H32N6O2. The summed E-state index contributed by atoms with van der Waals surface area (Å²) in [7, 11) is 0. The molecule has 1 unspecified atom stereocenters. The lowest BCUT2D eigenvalue weighted by Crippen LogP contribution is -2.47. The van der Waals surface area contributed by atoms with Crippen LogP contribution in [0.5, 0.6) is 0 Å². The van der Waals surface area contributed by atoms with Crippen molar-refractivity contribution in [3.05, 3.63) is 83.4 Å². The van der Waals surface area contributed by atoms with Crippen LogP contribution in [0.15, 0.2) is 55.1 Å². The van der Waals surface area contributed by atoms with Crippen molar-refractivity contribution in [2.24, 2.45) is 0 Å². The second-order valence-electron chi connectivity index (χ2n) is 10.2. The molecule has 2 aromatic heterocycles. The molecule has 0 bridgehead atoms. The summed E-state index contributed by atoms with van der Waals surface area (Å²) in [5.74, 6) is -0.651. The number of hydrogen-bond acceptors (Lipinski definition) is 4. The molecule has 4 rings (SSSR count). The number of nitrogens with zero attached hydrogens (tertiary/aromatic N) is 4. The van der Waals surface area contributed by atoms with E-state index in [-0.39, 0.29) is 28.9 Å². The summed E-state index contributed by atoms with van der Waals surface area (Å²) in [4.78, 5) is 43.9. The third-order valence-electron chi connectivity index (χ3n) is 6.63. The number of aromatic nitrogens is 3. The van der Waals surface area contributed by atoms with Crippen LogP contribution in [0.2, 0.25) is 0 Å². The second-order valence-corrected chi connectivity index (χ2v) is 10.2. The lowest BCUT2D eigenvalue weighted by Gasteiger charge is -2.34. The summed E-state index contributed by atoms with van der Waals surface area (Å²) in [6.45, 7) is 14.0. The van der Waals surface area contributed by atoms with Crippen molar-refractivity contribution in [3.63, 3.8) is 0 Å². The van der Waals surface area contributed by atoms with E-state index >= 15 is 0 Å². The topological polar surface area (TPSA) is 95.3 Å². The van der Waals surface area contributed by atoms with Crippen molar-refractivity contribution in [3.8, 4) is 0 Å². The zero-order chi connectivity index (χ0) is 25.7. The molecule has 8 heteroatoms. The van der Waals surface area contributed by atoms with E-state index in [2.05, 4.69) is 45.9 Å². The summed E-state index contributed by atoms with van der Waals surface area (Å²) >= 11 is 0. The summed E-state index contributed by atoms with van der Waals surface area (Å²) in [5.41, 5.74) is 2.21. The fourth-order valence-electron chi connectivity index (χ4n) is 4.65. The van der Waals surface area contributed by atoms with Gasteiger partial charge in [0, 0.05) is 17.3 Å². The molecule has 36 heavy (non-hydrogen) atoms. The molecule has 2 amide bonds. The zero-order valence-electron chi connectivity index (χ0n) is 21.0. The van der Waals surface area contributed by atoms with E-state index in [1.54, 1.807) is 12.1 Å². The molecule has 2 heterocycles. The number of pyridine rings is 1. The van der Waals surface area contributed by atoms with Crippen molar-refractivity contribution < 1.29 is 9.59 Å². The molecule has 0 saturated heterocycles. The summed E-state index contributed by atoms with van der Waals surface area (Å²) in [6.07, 6.45) is 9.46. The van der Waals surface area contributed by atoms with Gasteiger partial charge in [-0.05, 0) is 42.0 Å². The predicted octanol–water partition coefficient (Wildman–Crippen LogP) is 5.49. The normalized spacial score (nSPS) is 15.1. The van der Waals surface area contributed by atoms with Crippen LogP contribution in [0.3, 0.4) is 0 Å². The first-order valence-electron chi connectivity index (χ1n) is 12.3. The highest BCUT2D eigenvalue weighted by Crippen LogP contribution is 2.35. The van der Waals surface area contributed by atoms with Gasteiger partial charge in [-0.2, -0.15) is 0 Å². The number of anilines is 1. The first kappa shape index (κ1) is 25.1. The van der Waals surface area contributed by atoms with Gasteiger partial charge in [0.1, 0.15) is 17.9 Å². The average Bonchev–Trinajstić information content (AvgIpc) is 3.42. The molecule has 186 valence electrons. The van der Waals surface area contributed by atoms with Crippen molar-refractivity contribution in [1.82, 2.24) is 20.3 Å². The lowest BCUT2D eigenvalue weighted by molar-refractivity contribution is -0.123. The zero-order valence-corrected chi connectivity index (χ0v) is 21.0. The Kier molecular flexibility index (Phi) is 7.49. The van der Waals surface area contributed by atoms with Crippen LogP contribution in [-0.4, -0.2) is 32.8 Å². The fraction of sp³-hybridized carbons (Fsp3) is 0.393. The number of carbonyl (C=O) groups excluding carboxylic acids is 2. The molecule has 1 aliphatic rings. The third-order valence-corrected chi connectivity index (χ3v) is 6.63. The SMILES string of the molecule is [C-]#[N+]c1ncccc1C(C(=O)NC1CCCCC1)N(C(=O)c1cnc[nH]1)c1ccc(C(C)(C)C)cc1. The molecule has 8 nitrogen and oxygen atoms in total. The molecule has 1 saturated carbocycles. The Balaban J connectivity index is 1.84. The highest BCUT2D eigenvalue weighted by molar-refractivity contribution is 6.09. The van der Waals surface area contributed by atoms with Gasteiger partial charge in [-0.1, -0.05) is 64.8 Å². The number of hydrogen-bond donors (Lipinski definition) is 2. The van der Waals surface area contributed by atoms with Gasteiger partial charge in [0.15, 0.2) is 0 Å². The van der Waals surface area contributed by atoms with Gasteiger partial charge in [0.25, 0.3) is 11.7 Å². The molecule has 1 fully saturated rings. The number of benzene rings is 1. The van der Waals surface area contributed by atoms with E-state index in [1.165, 1.54) is 23.6 Å². The smallest absolute Gasteiger partial charge is 0.277 e. The predicted molar refractivity (Wildman–Crippen MR) is 139 cm³/mol. The minimum atomic E-state index is -1.08. The van der Waals surface area contributed by atoms with E-state index in [1.807, 2.05) is 24.3 Å². The quantitative estimate of drug-likeness (QED) is 0.452. The summed E-state index contributed by atoms with van der Waals surface area (Å²) < 4.78 is 0. The van der Waals surface area contributed by atoms with E-state index in [0.29, 0.717) is 11.3 Å². The van der Waals surface area contributed by atoms with E-state index in [0.717, 1.165) is 37.7 Å². The van der Waals surface area contributed by atoms with Gasteiger partial charge in [-0.15, -0.1) is 4.98 Å². The molecule has 0 radical (unpaired) electrons. The van der Waals surface area contributed by atoms with Crippen LogP contribution in [0, 0.1) is 6.57 Å². The van der Waals surface area contributed by atoms with Crippen molar-refractivity contribution in [1.29, 1.82) is 0 Å². The maximum atomic E-state index is 13.9. The Bertz CT molecular complexity index is 1230. The number of amides is 2. The van der Waals surface area contributed by atoms with E-state index in [9.17, 15) is 9.59 Å². The van der Waals surface area contributed by atoms with Gasteiger partial charge < -0.3 is 15.1 Å². The highest BCUT2D eigenvalue weighted by Gasteiger charge is 2.36. The highest BCUT2D eigenvalue weighted by atomic mass is 16.2. The maximum Gasteiger partial charge on any atom is 0.277 e. The number of aromatic amines is 1. The van der Waals surface area contributed by atoms with Crippen molar-refractivity contribution in [2.45, 2.75) is 70.4 Å². The molecule has 1 aromatic carbocycles. The van der Waals surface area contributed by atoms with Gasteiger partial charge in [-0.3, -0.25) is 14.5 Å². The lowest BCUT2D eigenvalue weighted by atomic mass is 9.87. The van der Waals surface area contributed by atoms with Crippen LogP contribution in [0.4, 0.5) is 11.5 Å². The summed E-state index contributed by atoms with van der Waals surface area (Å²) in [5, 5.41) is 3.17. The van der Waals surface area contributed by atoms with Crippen LogP contribution in [0.25, 0.3) is 4.85 Å². The Morgan fingerprint density at radius 2 is 1.86 bits per heavy atom. The van der Waals surface area contributed by atoms with Gasteiger partial charge in [-0.25, -0.2) is 4.98 Å². The Morgan fingerprint density at radius 3 is 2.47 bits per heavy atom. The van der Waals surface area contributed by atoms with Gasteiger partial charge in [0.2, 0.25) is 5.91 Å². The number of imidazole rings is 1. The van der Waals surface area contributed by atoms with Crippen molar-refractivity contribution in [2.75, 3.05) is 4.90 Å².